The molecule has 1 aliphatic carbocycles. The Kier molecular flexibility index (Phi) is 4.28. The molecule has 0 aliphatic heterocycles. The summed E-state index contributed by atoms with van der Waals surface area (Å²) in [5.74, 6) is 0.406. The van der Waals surface area contributed by atoms with Crippen LogP contribution in [-0.4, -0.2) is 11.6 Å². The lowest BCUT2D eigenvalue weighted by Gasteiger charge is -2.07. The van der Waals surface area contributed by atoms with Gasteiger partial charge in [0, 0.05) is 11.5 Å². The Hall–Kier alpha value is -2.42. The second kappa shape index (κ2) is 6.37. The molecule has 0 aromatic heterocycles. The molecule has 0 bridgehead atoms. The van der Waals surface area contributed by atoms with Crippen LogP contribution in [-0.2, 0) is 4.79 Å². The molecule has 2 atom stereocenters. The predicted molar refractivity (Wildman–Crippen MR) is 93.6 cm³/mol. The van der Waals surface area contributed by atoms with Gasteiger partial charge in [-0.1, -0.05) is 54.1 Å². The van der Waals surface area contributed by atoms with Gasteiger partial charge in [-0.05, 0) is 44.2 Å². The molecule has 2 aromatic carbocycles. The van der Waals surface area contributed by atoms with Crippen molar-refractivity contribution in [2.24, 2.45) is 11.0 Å². The Morgan fingerprint density at radius 1 is 1.13 bits per heavy atom. The molecule has 0 unspecified atom stereocenters. The van der Waals surface area contributed by atoms with Crippen LogP contribution in [0.3, 0.4) is 0 Å². The van der Waals surface area contributed by atoms with Crippen molar-refractivity contribution in [2.75, 3.05) is 0 Å². The highest BCUT2D eigenvalue weighted by atomic mass is 16.2. The molecule has 23 heavy (non-hydrogen) atoms. The van der Waals surface area contributed by atoms with Gasteiger partial charge in [-0.3, -0.25) is 4.79 Å². The van der Waals surface area contributed by atoms with Crippen molar-refractivity contribution in [1.29, 1.82) is 0 Å². The highest BCUT2D eigenvalue weighted by Gasteiger charge is 2.43. The third-order valence-electron chi connectivity index (χ3n) is 4.46. The van der Waals surface area contributed by atoms with Crippen molar-refractivity contribution in [3.8, 4) is 0 Å². The normalized spacial score (nSPS) is 20.2. The van der Waals surface area contributed by atoms with Crippen molar-refractivity contribution < 1.29 is 4.79 Å². The number of benzene rings is 2. The molecule has 3 nitrogen and oxygen atoms in total. The Morgan fingerprint density at radius 3 is 2.57 bits per heavy atom. The number of hydrogen-bond donors (Lipinski definition) is 1. The number of nitrogens with one attached hydrogen (secondary N) is 1. The summed E-state index contributed by atoms with van der Waals surface area (Å²) < 4.78 is 0. The van der Waals surface area contributed by atoms with E-state index in [1.807, 2.05) is 25.1 Å². The largest absolute Gasteiger partial charge is 0.273 e. The van der Waals surface area contributed by atoms with Gasteiger partial charge in [0.2, 0.25) is 5.91 Å². The molecule has 0 spiro atoms. The van der Waals surface area contributed by atoms with Gasteiger partial charge in [0.05, 0.1) is 5.71 Å². The van der Waals surface area contributed by atoms with Crippen molar-refractivity contribution in [3.63, 3.8) is 0 Å². The van der Waals surface area contributed by atoms with E-state index in [-0.39, 0.29) is 11.8 Å². The van der Waals surface area contributed by atoms with Crippen LogP contribution in [0.4, 0.5) is 0 Å². The summed E-state index contributed by atoms with van der Waals surface area (Å²) in [7, 11) is 0. The Morgan fingerprint density at radius 2 is 1.87 bits per heavy atom. The van der Waals surface area contributed by atoms with Gasteiger partial charge in [-0.2, -0.15) is 5.10 Å². The Bertz CT molecular complexity index is 749. The summed E-state index contributed by atoms with van der Waals surface area (Å²) >= 11 is 0. The first-order valence-corrected chi connectivity index (χ1v) is 8.03. The molecule has 1 amide bonds. The first kappa shape index (κ1) is 15.5. The summed E-state index contributed by atoms with van der Waals surface area (Å²) in [5.41, 5.74) is 8.29. The molecule has 2 aromatic rings. The van der Waals surface area contributed by atoms with Crippen LogP contribution in [0.2, 0.25) is 0 Å². The van der Waals surface area contributed by atoms with Crippen LogP contribution in [0, 0.1) is 19.8 Å². The Labute approximate surface area is 137 Å². The average molecular weight is 306 g/mol. The maximum atomic E-state index is 12.2. The summed E-state index contributed by atoms with van der Waals surface area (Å²) in [6, 6.07) is 16.5. The monoisotopic (exact) mass is 306 g/mol. The van der Waals surface area contributed by atoms with Gasteiger partial charge >= 0.3 is 0 Å². The molecule has 0 radical (unpaired) electrons. The van der Waals surface area contributed by atoms with Crippen molar-refractivity contribution in [2.45, 2.75) is 33.1 Å². The fourth-order valence-corrected chi connectivity index (χ4v) is 3.06. The molecule has 0 saturated heterocycles. The number of aryl methyl sites for hydroxylation is 2. The lowest BCUT2D eigenvalue weighted by atomic mass is 10.0. The van der Waals surface area contributed by atoms with Gasteiger partial charge in [-0.15, -0.1) is 0 Å². The number of rotatable bonds is 4. The van der Waals surface area contributed by atoms with E-state index in [1.165, 1.54) is 16.7 Å². The third-order valence-corrected chi connectivity index (χ3v) is 4.46. The molecule has 118 valence electrons. The number of hydrazone groups is 1. The minimum atomic E-state index is 0.0166. The second-order valence-corrected chi connectivity index (χ2v) is 6.35. The minimum absolute atomic E-state index is 0.0166. The minimum Gasteiger partial charge on any atom is -0.273 e. The van der Waals surface area contributed by atoms with Crippen molar-refractivity contribution in [1.82, 2.24) is 5.43 Å². The standard InChI is InChI=1S/C20H22N2O/c1-13-9-10-17(14(2)11-13)15(3)21-22-20(23)19-12-18(19)16-7-5-4-6-8-16/h4-11,18-19H,12H2,1-3H3,(H,22,23)/b21-15-/t18-,19+/m0/s1. The zero-order chi connectivity index (χ0) is 16.4. The molecule has 1 N–H and O–H groups in total. The molecule has 0 heterocycles. The van der Waals surface area contributed by atoms with E-state index >= 15 is 0 Å². The quantitative estimate of drug-likeness (QED) is 0.674. The molecule has 1 aliphatic rings. The van der Waals surface area contributed by atoms with E-state index in [9.17, 15) is 4.79 Å². The van der Waals surface area contributed by atoms with Gasteiger partial charge < -0.3 is 0 Å². The van der Waals surface area contributed by atoms with E-state index in [1.54, 1.807) is 0 Å². The van der Waals surface area contributed by atoms with Crippen LogP contribution in [0.5, 0.6) is 0 Å². The van der Waals surface area contributed by atoms with Crippen LogP contribution in [0.25, 0.3) is 0 Å². The number of amides is 1. The smallest absolute Gasteiger partial charge is 0.243 e. The number of nitrogens with zero attached hydrogens (tertiary/aromatic N) is 1. The van der Waals surface area contributed by atoms with E-state index in [2.05, 4.69) is 54.7 Å². The van der Waals surface area contributed by atoms with Gasteiger partial charge in [0.15, 0.2) is 0 Å². The summed E-state index contributed by atoms with van der Waals surface area (Å²) in [4.78, 5) is 12.2. The number of carbonyl (C=O) groups excluding carboxylic acids is 1. The maximum Gasteiger partial charge on any atom is 0.243 e. The van der Waals surface area contributed by atoms with Crippen LogP contribution in [0.1, 0.15) is 41.5 Å². The predicted octanol–water partition coefficient (Wildman–Crippen LogP) is 3.95. The van der Waals surface area contributed by atoms with Gasteiger partial charge in [0.25, 0.3) is 0 Å². The highest BCUT2D eigenvalue weighted by molar-refractivity contribution is 6.00. The summed E-state index contributed by atoms with van der Waals surface area (Å²) in [6.45, 7) is 6.07. The fourth-order valence-electron chi connectivity index (χ4n) is 3.06. The van der Waals surface area contributed by atoms with E-state index in [0.29, 0.717) is 5.92 Å². The first-order chi connectivity index (χ1) is 11.1. The Balaban J connectivity index is 1.63. The molecule has 3 heteroatoms. The maximum absolute atomic E-state index is 12.2. The van der Waals surface area contributed by atoms with Crippen molar-refractivity contribution >= 4 is 11.6 Å². The van der Waals surface area contributed by atoms with E-state index in [4.69, 9.17) is 0 Å². The molecular weight excluding hydrogens is 284 g/mol. The lowest BCUT2D eigenvalue weighted by molar-refractivity contribution is -0.122. The third kappa shape index (κ3) is 3.50. The van der Waals surface area contributed by atoms with Crippen LogP contribution < -0.4 is 5.43 Å². The number of hydrogen-bond acceptors (Lipinski definition) is 2. The van der Waals surface area contributed by atoms with Gasteiger partial charge in [-0.25, -0.2) is 5.43 Å². The average Bonchev–Trinajstić information content (AvgIpc) is 3.34. The second-order valence-electron chi connectivity index (χ2n) is 6.35. The zero-order valence-electron chi connectivity index (χ0n) is 13.8. The lowest BCUT2D eigenvalue weighted by Crippen LogP contribution is -2.21. The SMILES string of the molecule is C/C(=N/NC(=O)[C@@H]1C[C@H]1c1ccccc1)c1ccc(C)cc1C. The zero-order valence-corrected chi connectivity index (χ0v) is 13.8. The fraction of sp³-hybridized carbons (Fsp3) is 0.300. The van der Waals surface area contributed by atoms with E-state index in [0.717, 1.165) is 17.7 Å². The van der Waals surface area contributed by atoms with Crippen molar-refractivity contribution in [3.05, 3.63) is 70.8 Å². The molecule has 1 fully saturated rings. The summed E-state index contributed by atoms with van der Waals surface area (Å²) in [6.07, 6.45) is 0.911. The molecule has 1 saturated carbocycles. The molecular formula is C20H22N2O. The van der Waals surface area contributed by atoms with Crippen LogP contribution in [0.15, 0.2) is 53.6 Å². The van der Waals surface area contributed by atoms with Crippen LogP contribution >= 0.6 is 0 Å². The van der Waals surface area contributed by atoms with E-state index < -0.39 is 0 Å². The highest BCUT2D eigenvalue weighted by Crippen LogP contribution is 2.47. The molecule has 3 rings (SSSR count). The summed E-state index contributed by atoms with van der Waals surface area (Å²) in [5, 5.41) is 4.29. The topological polar surface area (TPSA) is 41.5 Å². The first-order valence-electron chi connectivity index (χ1n) is 8.03. The van der Waals surface area contributed by atoms with Gasteiger partial charge in [0.1, 0.15) is 0 Å². The number of carbonyl (C=O) groups is 1.